The van der Waals surface area contributed by atoms with Gasteiger partial charge in [-0.15, -0.1) is 0 Å². The molecule has 1 amide bonds. The molecule has 6 nitrogen and oxygen atoms in total. The number of nitrogens with one attached hydrogen (secondary N) is 1. The van der Waals surface area contributed by atoms with Crippen molar-refractivity contribution in [3.8, 4) is 5.75 Å². The maximum atomic E-state index is 12.5. The molecule has 138 valence electrons. The maximum absolute atomic E-state index is 12.5. The lowest BCUT2D eigenvalue weighted by Gasteiger charge is -2.20. The molecule has 0 radical (unpaired) electrons. The van der Waals surface area contributed by atoms with E-state index in [4.69, 9.17) is 27.9 Å². The normalized spacial score (nSPS) is 14.6. The van der Waals surface area contributed by atoms with Crippen LogP contribution in [0.25, 0.3) is 0 Å². The van der Waals surface area contributed by atoms with E-state index in [0.29, 0.717) is 30.1 Å². The predicted molar refractivity (Wildman–Crippen MR) is 102 cm³/mol. The monoisotopic (exact) mass is 414 g/mol. The molecule has 3 rings (SSSR count). The number of anilines is 2. The molecule has 0 bridgehead atoms. The summed E-state index contributed by atoms with van der Waals surface area (Å²) in [5, 5.41) is 0.418. The Hall–Kier alpha value is -1.96. The Morgan fingerprint density at radius 3 is 2.50 bits per heavy atom. The first kappa shape index (κ1) is 18.8. The Kier molecular flexibility index (Phi) is 5.32. The van der Waals surface area contributed by atoms with Crippen molar-refractivity contribution in [2.24, 2.45) is 0 Å². The summed E-state index contributed by atoms with van der Waals surface area (Å²) in [5.74, 6) is 0.432. The molecular formula is C17H16Cl2N2O4S. The van der Waals surface area contributed by atoms with Crippen molar-refractivity contribution in [3.63, 3.8) is 0 Å². The summed E-state index contributed by atoms with van der Waals surface area (Å²) in [6, 6.07) is 8.84. The van der Waals surface area contributed by atoms with Gasteiger partial charge in [-0.05, 0) is 36.8 Å². The lowest BCUT2D eigenvalue weighted by Crippen LogP contribution is -2.24. The van der Waals surface area contributed by atoms with Crippen LogP contribution in [0.1, 0.15) is 12.8 Å². The van der Waals surface area contributed by atoms with Gasteiger partial charge in [0.25, 0.3) is 10.0 Å². The van der Waals surface area contributed by atoms with Crippen LogP contribution in [0.3, 0.4) is 0 Å². The standard InChI is InChI=1S/C17H16Cl2N2O4S/c1-25-16-9-11(4-7-15(16)21-8-2-3-17(21)22)20-26(23,24)12-5-6-13(18)14(19)10-12/h4-7,9-10,20H,2-3,8H2,1H3. The average Bonchev–Trinajstić information content (AvgIpc) is 3.02. The SMILES string of the molecule is COc1cc(NS(=O)(=O)c2ccc(Cl)c(Cl)c2)ccc1N1CCCC1=O. The van der Waals surface area contributed by atoms with E-state index in [1.54, 1.807) is 17.0 Å². The molecule has 0 spiro atoms. The zero-order valence-electron chi connectivity index (χ0n) is 13.8. The molecule has 0 aromatic heterocycles. The third-order valence-electron chi connectivity index (χ3n) is 4.00. The van der Waals surface area contributed by atoms with Crippen LogP contribution in [0, 0.1) is 0 Å². The molecule has 0 saturated carbocycles. The Balaban J connectivity index is 1.90. The molecule has 1 saturated heterocycles. The molecule has 0 atom stereocenters. The predicted octanol–water partition coefficient (Wildman–Crippen LogP) is 3.93. The van der Waals surface area contributed by atoms with Gasteiger partial charge in [0, 0.05) is 19.0 Å². The first-order valence-electron chi connectivity index (χ1n) is 7.78. The van der Waals surface area contributed by atoms with Gasteiger partial charge in [0.15, 0.2) is 0 Å². The largest absolute Gasteiger partial charge is 0.494 e. The number of nitrogens with zero attached hydrogens (tertiary/aromatic N) is 1. The van der Waals surface area contributed by atoms with Gasteiger partial charge in [-0.1, -0.05) is 23.2 Å². The van der Waals surface area contributed by atoms with Gasteiger partial charge in [0.2, 0.25) is 5.91 Å². The second-order valence-electron chi connectivity index (χ2n) is 5.72. The van der Waals surface area contributed by atoms with E-state index in [1.807, 2.05) is 0 Å². The van der Waals surface area contributed by atoms with Gasteiger partial charge in [0.05, 0.1) is 33.4 Å². The molecule has 1 aliphatic rings. The van der Waals surface area contributed by atoms with Gasteiger partial charge in [-0.25, -0.2) is 8.42 Å². The highest BCUT2D eigenvalue weighted by atomic mass is 35.5. The van der Waals surface area contributed by atoms with Crippen LogP contribution in [-0.2, 0) is 14.8 Å². The highest BCUT2D eigenvalue weighted by Gasteiger charge is 2.25. The van der Waals surface area contributed by atoms with Crippen LogP contribution >= 0.6 is 23.2 Å². The number of amides is 1. The molecule has 2 aromatic rings. The molecule has 26 heavy (non-hydrogen) atoms. The van der Waals surface area contributed by atoms with E-state index in [2.05, 4.69) is 4.72 Å². The summed E-state index contributed by atoms with van der Waals surface area (Å²) in [4.78, 5) is 13.6. The van der Waals surface area contributed by atoms with E-state index in [9.17, 15) is 13.2 Å². The number of ether oxygens (including phenoxy) is 1. The topological polar surface area (TPSA) is 75.7 Å². The lowest BCUT2D eigenvalue weighted by molar-refractivity contribution is -0.117. The first-order valence-corrected chi connectivity index (χ1v) is 10.0. The summed E-state index contributed by atoms with van der Waals surface area (Å²) >= 11 is 11.7. The zero-order valence-corrected chi connectivity index (χ0v) is 16.2. The highest BCUT2D eigenvalue weighted by Crippen LogP contribution is 2.34. The van der Waals surface area contributed by atoms with Crippen LogP contribution < -0.4 is 14.4 Å². The van der Waals surface area contributed by atoms with Gasteiger partial charge in [-0.2, -0.15) is 0 Å². The van der Waals surface area contributed by atoms with Crippen LogP contribution in [0.5, 0.6) is 5.75 Å². The van der Waals surface area contributed by atoms with Crippen molar-refractivity contribution in [3.05, 3.63) is 46.4 Å². The number of methoxy groups -OCH3 is 1. The third-order valence-corrected chi connectivity index (χ3v) is 6.12. The quantitative estimate of drug-likeness (QED) is 0.803. The van der Waals surface area contributed by atoms with Crippen molar-refractivity contribution in [2.75, 3.05) is 23.3 Å². The van der Waals surface area contributed by atoms with Crippen molar-refractivity contribution in [1.29, 1.82) is 0 Å². The van der Waals surface area contributed by atoms with Crippen LogP contribution in [0.15, 0.2) is 41.3 Å². The van der Waals surface area contributed by atoms with E-state index in [0.717, 1.165) is 6.42 Å². The van der Waals surface area contributed by atoms with Crippen molar-refractivity contribution < 1.29 is 17.9 Å². The Morgan fingerprint density at radius 2 is 1.88 bits per heavy atom. The van der Waals surface area contributed by atoms with E-state index < -0.39 is 10.0 Å². The molecule has 2 aromatic carbocycles. The van der Waals surface area contributed by atoms with Gasteiger partial charge < -0.3 is 9.64 Å². The molecule has 1 fully saturated rings. The minimum atomic E-state index is -3.85. The minimum absolute atomic E-state index is 0.00957. The number of hydrogen-bond donors (Lipinski definition) is 1. The van der Waals surface area contributed by atoms with Gasteiger partial charge in [-0.3, -0.25) is 9.52 Å². The summed E-state index contributed by atoms with van der Waals surface area (Å²) in [6.07, 6.45) is 1.28. The molecule has 0 aliphatic carbocycles. The Morgan fingerprint density at radius 1 is 1.12 bits per heavy atom. The molecular weight excluding hydrogens is 399 g/mol. The fraction of sp³-hybridized carbons (Fsp3) is 0.235. The summed E-state index contributed by atoms with van der Waals surface area (Å²) in [5.41, 5.74) is 0.927. The molecule has 1 N–H and O–H groups in total. The smallest absolute Gasteiger partial charge is 0.261 e. The second kappa shape index (κ2) is 7.34. The zero-order chi connectivity index (χ0) is 18.9. The Bertz CT molecular complexity index is 963. The van der Waals surface area contributed by atoms with Gasteiger partial charge in [0.1, 0.15) is 5.75 Å². The second-order valence-corrected chi connectivity index (χ2v) is 8.21. The molecule has 0 unspecified atom stereocenters. The van der Waals surface area contributed by atoms with Crippen LogP contribution in [0.4, 0.5) is 11.4 Å². The fourth-order valence-electron chi connectivity index (χ4n) is 2.73. The minimum Gasteiger partial charge on any atom is -0.494 e. The number of halogens is 2. The molecule has 9 heteroatoms. The third kappa shape index (κ3) is 3.75. The summed E-state index contributed by atoms with van der Waals surface area (Å²) < 4.78 is 32.9. The number of hydrogen-bond acceptors (Lipinski definition) is 4. The van der Waals surface area contributed by atoms with Crippen LogP contribution in [0.2, 0.25) is 10.0 Å². The number of rotatable bonds is 5. The first-order chi connectivity index (χ1) is 12.3. The lowest BCUT2D eigenvalue weighted by atomic mass is 10.2. The number of carbonyl (C=O) groups excluding carboxylic acids is 1. The average molecular weight is 415 g/mol. The summed E-state index contributed by atoms with van der Waals surface area (Å²) in [6.45, 7) is 0.615. The Labute approximate surface area is 161 Å². The van der Waals surface area contributed by atoms with Crippen molar-refractivity contribution in [1.82, 2.24) is 0 Å². The molecule has 1 aliphatic heterocycles. The number of sulfonamides is 1. The maximum Gasteiger partial charge on any atom is 0.261 e. The van der Waals surface area contributed by atoms with Crippen LogP contribution in [-0.4, -0.2) is 28.0 Å². The van der Waals surface area contributed by atoms with Crippen molar-refractivity contribution in [2.45, 2.75) is 17.7 Å². The van der Waals surface area contributed by atoms with Crippen molar-refractivity contribution >= 4 is 50.5 Å². The van der Waals surface area contributed by atoms with E-state index >= 15 is 0 Å². The van der Waals surface area contributed by atoms with Gasteiger partial charge >= 0.3 is 0 Å². The van der Waals surface area contributed by atoms with E-state index in [1.165, 1.54) is 31.4 Å². The number of benzene rings is 2. The number of carbonyl (C=O) groups is 1. The van der Waals surface area contributed by atoms with E-state index in [-0.39, 0.29) is 20.8 Å². The fourth-order valence-corrected chi connectivity index (χ4v) is 4.16. The summed E-state index contributed by atoms with van der Waals surface area (Å²) in [7, 11) is -2.38. The molecule has 1 heterocycles. The highest BCUT2D eigenvalue weighted by molar-refractivity contribution is 7.92.